The van der Waals surface area contributed by atoms with Gasteiger partial charge in [0.15, 0.2) is 11.6 Å². The highest BCUT2D eigenvalue weighted by Crippen LogP contribution is 2.45. The lowest BCUT2D eigenvalue weighted by molar-refractivity contribution is -0.129. The number of halogens is 2. The molecule has 0 saturated heterocycles. The largest absolute Gasteiger partial charge is 0.467 e. The van der Waals surface area contributed by atoms with E-state index in [0.717, 1.165) is 36.2 Å². The lowest BCUT2D eigenvalue weighted by atomic mass is 9.66. The Labute approximate surface area is 168 Å². The highest BCUT2D eigenvalue weighted by Gasteiger charge is 2.34. The summed E-state index contributed by atoms with van der Waals surface area (Å²) in [7, 11) is 0. The van der Waals surface area contributed by atoms with Crippen molar-refractivity contribution in [3.05, 3.63) is 35.4 Å². The molecule has 0 spiro atoms. The van der Waals surface area contributed by atoms with Crippen molar-refractivity contribution in [2.24, 2.45) is 23.7 Å². The maximum atomic E-state index is 13.7. The van der Waals surface area contributed by atoms with Gasteiger partial charge in [0.05, 0.1) is 6.61 Å². The van der Waals surface area contributed by atoms with Crippen LogP contribution in [0.2, 0.25) is 0 Å². The standard InChI is InChI=1S/C24H34F2O2/c1-2-3-17-4-6-18(7-5-17)19-8-10-20(11-9-19)22(15-28-16-27)21-12-13-23(25)24(26)14-21/h12-14,16-20,22H,2-11,15H2,1H3. The SMILES string of the molecule is CCCC1CCC(C2CCC(C(COC=O)c3ccc(F)c(F)c3)CC2)CC1. The molecule has 28 heavy (non-hydrogen) atoms. The molecule has 0 N–H and O–H groups in total. The highest BCUT2D eigenvalue weighted by molar-refractivity contribution is 5.37. The smallest absolute Gasteiger partial charge is 0.293 e. The van der Waals surface area contributed by atoms with Crippen LogP contribution in [0.1, 0.15) is 82.6 Å². The summed E-state index contributed by atoms with van der Waals surface area (Å²) in [6, 6.07) is 4.09. The number of ether oxygens (including phenoxy) is 1. The summed E-state index contributed by atoms with van der Waals surface area (Å²) in [6.07, 6.45) is 12.8. The zero-order valence-corrected chi connectivity index (χ0v) is 17.0. The van der Waals surface area contributed by atoms with Crippen molar-refractivity contribution in [3.8, 4) is 0 Å². The average Bonchev–Trinajstić information content (AvgIpc) is 2.72. The first-order valence-electron chi connectivity index (χ1n) is 11.1. The molecule has 1 unspecified atom stereocenters. The summed E-state index contributed by atoms with van der Waals surface area (Å²) in [6.45, 7) is 2.98. The van der Waals surface area contributed by atoms with E-state index in [1.54, 1.807) is 6.07 Å². The summed E-state index contributed by atoms with van der Waals surface area (Å²) in [5.41, 5.74) is 0.740. The number of carbonyl (C=O) groups excluding carboxylic acids is 1. The third kappa shape index (κ3) is 5.33. The van der Waals surface area contributed by atoms with Gasteiger partial charge in [-0.05, 0) is 79.9 Å². The first kappa shape index (κ1) is 21.3. The molecule has 0 radical (unpaired) electrons. The molecule has 2 aliphatic carbocycles. The van der Waals surface area contributed by atoms with Gasteiger partial charge < -0.3 is 4.74 Å². The minimum absolute atomic E-state index is 0.0541. The van der Waals surface area contributed by atoms with Crippen molar-refractivity contribution in [2.75, 3.05) is 6.61 Å². The van der Waals surface area contributed by atoms with E-state index in [4.69, 9.17) is 4.74 Å². The molecule has 4 heteroatoms. The van der Waals surface area contributed by atoms with Crippen LogP contribution in [0.15, 0.2) is 18.2 Å². The Hall–Kier alpha value is -1.45. The van der Waals surface area contributed by atoms with Gasteiger partial charge in [0, 0.05) is 5.92 Å². The minimum atomic E-state index is -0.832. The molecular formula is C24H34F2O2. The zero-order chi connectivity index (χ0) is 19.9. The van der Waals surface area contributed by atoms with Gasteiger partial charge in [-0.1, -0.05) is 38.7 Å². The molecule has 1 aromatic rings. The molecule has 2 saturated carbocycles. The molecule has 3 rings (SSSR count). The molecule has 1 aromatic carbocycles. The molecule has 0 amide bonds. The summed E-state index contributed by atoms with van der Waals surface area (Å²) in [5, 5.41) is 0. The fourth-order valence-corrected chi connectivity index (χ4v) is 5.77. The second-order valence-corrected chi connectivity index (χ2v) is 8.95. The van der Waals surface area contributed by atoms with Gasteiger partial charge in [0.2, 0.25) is 0 Å². The second-order valence-electron chi connectivity index (χ2n) is 8.95. The van der Waals surface area contributed by atoms with E-state index < -0.39 is 11.6 Å². The monoisotopic (exact) mass is 392 g/mol. The van der Waals surface area contributed by atoms with Crippen molar-refractivity contribution >= 4 is 6.47 Å². The van der Waals surface area contributed by atoms with Gasteiger partial charge in [-0.15, -0.1) is 0 Å². The number of hydrogen-bond acceptors (Lipinski definition) is 2. The maximum absolute atomic E-state index is 13.7. The molecule has 2 nitrogen and oxygen atoms in total. The van der Waals surface area contributed by atoms with Crippen molar-refractivity contribution in [2.45, 2.75) is 77.0 Å². The predicted molar refractivity (Wildman–Crippen MR) is 107 cm³/mol. The number of hydrogen-bond donors (Lipinski definition) is 0. The van der Waals surface area contributed by atoms with Gasteiger partial charge in [-0.3, -0.25) is 4.79 Å². The average molecular weight is 393 g/mol. The molecule has 0 bridgehead atoms. The number of rotatable bonds is 8. The topological polar surface area (TPSA) is 26.3 Å². The van der Waals surface area contributed by atoms with Gasteiger partial charge in [0.25, 0.3) is 6.47 Å². The normalized spacial score (nSPS) is 29.2. The van der Waals surface area contributed by atoms with Crippen molar-refractivity contribution in [1.29, 1.82) is 0 Å². The van der Waals surface area contributed by atoms with Crippen molar-refractivity contribution in [1.82, 2.24) is 0 Å². The fourth-order valence-electron chi connectivity index (χ4n) is 5.77. The number of benzene rings is 1. The summed E-state index contributed by atoms with van der Waals surface area (Å²) in [5.74, 6) is 1.25. The van der Waals surface area contributed by atoms with Crippen molar-refractivity contribution < 1.29 is 18.3 Å². The van der Waals surface area contributed by atoms with Crippen LogP contribution in [0.4, 0.5) is 8.78 Å². The lowest BCUT2D eigenvalue weighted by Gasteiger charge is -2.39. The van der Waals surface area contributed by atoms with Gasteiger partial charge in [0.1, 0.15) is 0 Å². The molecule has 156 valence electrons. The first-order chi connectivity index (χ1) is 13.6. The second kappa shape index (κ2) is 10.4. The van der Waals surface area contributed by atoms with Crippen LogP contribution in [0, 0.1) is 35.3 Å². The van der Waals surface area contributed by atoms with Crippen LogP contribution < -0.4 is 0 Å². The predicted octanol–water partition coefficient (Wildman–Crippen LogP) is 6.63. The molecule has 0 aliphatic heterocycles. The summed E-state index contributed by atoms with van der Waals surface area (Å²) >= 11 is 0. The Morgan fingerprint density at radius 2 is 1.64 bits per heavy atom. The van der Waals surface area contributed by atoms with E-state index in [1.165, 1.54) is 63.5 Å². The third-order valence-corrected chi connectivity index (χ3v) is 7.36. The molecule has 1 atom stereocenters. The molecular weight excluding hydrogens is 358 g/mol. The third-order valence-electron chi connectivity index (χ3n) is 7.36. The van der Waals surface area contributed by atoms with Crippen LogP contribution in [-0.4, -0.2) is 13.1 Å². The Morgan fingerprint density at radius 3 is 2.21 bits per heavy atom. The van der Waals surface area contributed by atoms with E-state index in [-0.39, 0.29) is 12.5 Å². The summed E-state index contributed by atoms with van der Waals surface area (Å²) in [4.78, 5) is 10.7. The van der Waals surface area contributed by atoms with Crippen LogP contribution in [0.25, 0.3) is 0 Å². The Balaban J connectivity index is 1.57. The maximum Gasteiger partial charge on any atom is 0.293 e. The zero-order valence-electron chi connectivity index (χ0n) is 17.0. The fraction of sp³-hybridized carbons (Fsp3) is 0.708. The molecule has 0 heterocycles. The van der Waals surface area contributed by atoms with E-state index >= 15 is 0 Å². The van der Waals surface area contributed by atoms with Crippen molar-refractivity contribution in [3.63, 3.8) is 0 Å². The van der Waals surface area contributed by atoms with E-state index in [0.29, 0.717) is 12.4 Å². The Bertz CT molecular complexity index is 617. The Kier molecular flexibility index (Phi) is 7.87. The quantitative estimate of drug-likeness (QED) is 0.464. The molecule has 0 aromatic heterocycles. The highest BCUT2D eigenvalue weighted by atomic mass is 19.2. The van der Waals surface area contributed by atoms with Gasteiger partial charge in [-0.25, -0.2) is 8.78 Å². The summed E-state index contributed by atoms with van der Waals surface area (Å²) < 4.78 is 32.1. The van der Waals surface area contributed by atoms with Crippen LogP contribution >= 0.6 is 0 Å². The van der Waals surface area contributed by atoms with E-state index in [9.17, 15) is 13.6 Å². The lowest BCUT2D eigenvalue weighted by Crippen LogP contribution is -2.29. The van der Waals surface area contributed by atoms with Gasteiger partial charge in [-0.2, -0.15) is 0 Å². The minimum Gasteiger partial charge on any atom is -0.467 e. The van der Waals surface area contributed by atoms with Crippen LogP contribution in [-0.2, 0) is 9.53 Å². The van der Waals surface area contributed by atoms with Crippen LogP contribution in [0.3, 0.4) is 0 Å². The van der Waals surface area contributed by atoms with E-state index in [1.807, 2.05) is 0 Å². The number of carbonyl (C=O) groups is 1. The molecule has 2 aliphatic rings. The first-order valence-corrected chi connectivity index (χ1v) is 11.1. The molecule has 2 fully saturated rings. The van der Waals surface area contributed by atoms with Crippen LogP contribution in [0.5, 0.6) is 0 Å². The van der Waals surface area contributed by atoms with Gasteiger partial charge >= 0.3 is 0 Å². The Morgan fingerprint density at radius 1 is 1.00 bits per heavy atom. The van der Waals surface area contributed by atoms with E-state index in [2.05, 4.69) is 6.92 Å².